The van der Waals surface area contributed by atoms with Crippen LogP contribution in [0, 0.1) is 6.92 Å². The Morgan fingerprint density at radius 3 is 2.40 bits per heavy atom. The summed E-state index contributed by atoms with van der Waals surface area (Å²) < 4.78 is 26.9. The van der Waals surface area contributed by atoms with Crippen LogP contribution < -0.4 is 10.2 Å². The summed E-state index contributed by atoms with van der Waals surface area (Å²) in [7, 11) is -5.46. The van der Waals surface area contributed by atoms with Gasteiger partial charge in [0, 0.05) is 5.69 Å². The van der Waals surface area contributed by atoms with E-state index in [4.69, 9.17) is 10.0 Å². The van der Waals surface area contributed by atoms with Gasteiger partial charge in [-0.2, -0.15) is 0 Å². The van der Waals surface area contributed by atoms with E-state index in [0.717, 1.165) is 5.56 Å². The van der Waals surface area contributed by atoms with E-state index < -0.39 is 17.1 Å². The summed E-state index contributed by atoms with van der Waals surface area (Å²) in [5, 5.41) is 18.2. The molecule has 7 heteroatoms. The van der Waals surface area contributed by atoms with Crippen LogP contribution in [-0.2, 0) is 10.0 Å². The molecule has 0 radical (unpaired) electrons. The van der Waals surface area contributed by atoms with E-state index in [1.807, 2.05) is 13.0 Å². The molecule has 0 aromatic heterocycles. The molecule has 0 spiro atoms. The first-order chi connectivity index (χ1) is 9.38. The number of benzene rings is 2. The van der Waals surface area contributed by atoms with Gasteiger partial charge in [0.1, 0.15) is 0 Å². The average Bonchev–Trinajstić information content (AvgIpc) is 2.38. The maximum Gasteiger partial charge on any atom is 0.488 e. The molecule has 0 unspecified atom stereocenters. The van der Waals surface area contributed by atoms with E-state index in [9.17, 15) is 8.42 Å². The summed E-state index contributed by atoms with van der Waals surface area (Å²) in [5.41, 5.74) is 1.52. The summed E-state index contributed by atoms with van der Waals surface area (Å²) in [6, 6.07) is 12.5. The van der Waals surface area contributed by atoms with Gasteiger partial charge in [-0.1, -0.05) is 24.3 Å². The largest absolute Gasteiger partial charge is 0.488 e. The van der Waals surface area contributed by atoms with Crippen LogP contribution in [0.15, 0.2) is 53.4 Å². The molecule has 2 rings (SSSR count). The van der Waals surface area contributed by atoms with Gasteiger partial charge in [0.15, 0.2) is 0 Å². The number of hydrogen-bond donors (Lipinski definition) is 3. The van der Waals surface area contributed by atoms with E-state index in [0.29, 0.717) is 5.69 Å². The highest BCUT2D eigenvalue weighted by atomic mass is 32.2. The minimum Gasteiger partial charge on any atom is -0.423 e. The molecule has 104 valence electrons. The Morgan fingerprint density at radius 2 is 1.75 bits per heavy atom. The Morgan fingerprint density at radius 1 is 1.05 bits per heavy atom. The molecule has 0 aliphatic heterocycles. The van der Waals surface area contributed by atoms with E-state index in [1.54, 1.807) is 18.2 Å². The third-order valence-electron chi connectivity index (χ3n) is 2.74. The van der Waals surface area contributed by atoms with E-state index >= 15 is 0 Å². The molecule has 5 nitrogen and oxygen atoms in total. The molecule has 0 amide bonds. The highest BCUT2D eigenvalue weighted by molar-refractivity contribution is 7.92. The van der Waals surface area contributed by atoms with Crippen LogP contribution in [-0.4, -0.2) is 25.6 Å². The molecule has 0 bridgehead atoms. The van der Waals surface area contributed by atoms with Crippen molar-refractivity contribution in [3.63, 3.8) is 0 Å². The predicted molar refractivity (Wildman–Crippen MR) is 78.3 cm³/mol. The van der Waals surface area contributed by atoms with Gasteiger partial charge in [-0.3, -0.25) is 4.72 Å². The minimum absolute atomic E-state index is 0.0235. The fourth-order valence-electron chi connectivity index (χ4n) is 1.76. The zero-order valence-corrected chi connectivity index (χ0v) is 11.6. The predicted octanol–water partition coefficient (Wildman–Crippen LogP) is 0.476. The van der Waals surface area contributed by atoms with Gasteiger partial charge < -0.3 is 10.0 Å². The summed E-state index contributed by atoms with van der Waals surface area (Å²) in [5.74, 6) is 0. The monoisotopic (exact) mass is 291 g/mol. The number of rotatable bonds is 4. The zero-order valence-electron chi connectivity index (χ0n) is 10.8. The van der Waals surface area contributed by atoms with Crippen molar-refractivity contribution in [1.29, 1.82) is 0 Å². The van der Waals surface area contributed by atoms with Crippen molar-refractivity contribution in [2.75, 3.05) is 4.72 Å². The third kappa shape index (κ3) is 3.38. The van der Waals surface area contributed by atoms with Crippen LogP contribution >= 0.6 is 0 Å². The van der Waals surface area contributed by atoms with E-state index in [2.05, 4.69) is 4.72 Å². The van der Waals surface area contributed by atoms with Crippen LogP contribution in [0.4, 0.5) is 5.69 Å². The van der Waals surface area contributed by atoms with E-state index in [1.165, 1.54) is 24.3 Å². The smallest absolute Gasteiger partial charge is 0.423 e. The van der Waals surface area contributed by atoms with Crippen LogP contribution in [0.25, 0.3) is 0 Å². The minimum atomic E-state index is -3.76. The summed E-state index contributed by atoms with van der Waals surface area (Å²) in [6.07, 6.45) is 0. The van der Waals surface area contributed by atoms with Gasteiger partial charge in [-0.25, -0.2) is 8.42 Å². The fraction of sp³-hybridized carbons (Fsp3) is 0.0769. The molecular formula is C13H14BNO4S. The molecule has 0 aliphatic rings. The molecule has 0 saturated carbocycles. The van der Waals surface area contributed by atoms with Crippen molar-refractivity contribution < 1.29 is 18.5 Å². The maximum absolute atomic E-state index is 12.2. The number of aryl methyl sites for hydroxylation is 1. The van der Waals surface area contributed by atoms with Crippen molar-refractivity contribution in [2.24, 2.45) is 0 Å². The Labute approximate surface area is 118 Å². The first-order valence-corrected chi connectivity index (χ1v) is 7.42. The van der Waals surface area contributed by atoms with Crippen molar-refractivity contribution in [3.05, 3.63) is 54.1 Å². The molecule has 2 aromatic carbocycles. The van der Waals surface area contributed by atoms with Gasteiger partial charge in [-0.15, -0.1) is 0 Å². The van der Waals surface area contributed by atoms with Gasteiger partial charge in [0.25, 0.3) is 10.0 Å². The van der Waals surface area contributed by atoms with Crippen LogP contribution in [0.3, 0.4) is 0 Å². The third-order valence-corrected chi connectivity index (χ3v) is 4.12. The molecular weight excluding hydrogens is 277 g/mol. The Bertz CT molecular complexity index is 716. The van der Waals surface area contributed by atoms with E-state index in [-0.39, 0.29) is 10.4 Å². The second-order valence-corrected chi connectivity index (χ2v) is 6.10. The highest BCUT2D eigenvalue weighted by Gasteiger charge is 2.18. The molecule has 0 aliphatic carbocycles. The normalized spacial score (nSPS) is 11.2. The standard InChI is InChI=1S/C13H14BNO4S/c1-10-4-2-6-12(8-10)15-20(18,19)13-7-3-5-11(9-13)14(16)17/h2-9,15-17H,1H3. The van der Waals surface area contributed by atoms with Crippen LogP contribution in [0.1, 0.15) is 5.56 Å². The van der Waals surface area contributed by atoms with Crippen LogP contribution in [0.5, 0.6) is 0 Å². The molecule has 0 saturated heterocycles. The lowest BCUT2D eigenvalue weighted by Gasteiger charge is -2.09. The molecule has 0 fully saturated rings. The summed E-state index contributed by atoms with van der Waals surface area (Å²) in [4.78, 5) is -0.0235. The maximum atomic E-state index is 12.2. The van der Waals surface area contributed by atoms with Crippen molar-refractivity contribution in [2.45, 2.75) is 11.8 Å². The van der Waals surface area contributed by atoms with Gasteiger partial charge in [0.2, 0.25) is 0 Å². The second-order valence-electron chi connectivity index (χ2n) is 4.42. The highest BCUT2D eigenvalue weighted by Crippen LogP contribution is 2.16. The number of sulfonamides is 1. The van der Waals surface area contributed by atoms with Gasteiger partial charge >= 0.3 is 7.12 Å². The SMILES string of the molecule is Cc1cccc(NS(=O)(=O)c2cccc(B(O)O)c2)c1. The van der Waals surface area contributed by atoms with Gasteiger partial charge in [0.05, 0.1) is 4.90 Å². The lowest BCUT2D eigenvalue weighted by Crippen LogP contribution is -2.30. The molecule has 0 atom stereocenters. The van der Waals surface area contributed by atoms with Gasteiger partial charge in [-0.05, 0) is 42.2 Å². The Hall–Kier alpha value is -1.83. The number of anilines is 1. The Balaban J connectivity index is 2.33. The first kappa shape index (κ1) is 14.6. The molecule has 0 heterocycles. The van der Waals surface area contributed by atoms with Crippen molar-refractivity contribution in [1.82, 2.24) is 0 Å². The second kappa shape index (κ2) is 5.66. The zero-order chi connectivity index (χ0) is 14.8. The Kier molecular flexibility index (Phi) is 4.13. The topological polar surface area (TPSA) is 86.6 Å². The first-order valence-electron chi connectivity index (χ1n) is 5.94. The van der Waals surface area contributed by atoms with Crippen LogP contribution in [0.2, 0.25) is 0 Å². The molecule has 2 aromatic rings. The fourth-order valence-corrected chi connectivity index (χ4v) is 2.87. The summed E-state index contributed by atoms with van der Waals surface area (Å²) >= 11 is 0. The number of nitrogens with one attached hydrogen (secondary N) is 1. The lowest BCUT2D eigenvalue weighted by molar-refractivity contribution is 0.425. The average molecular weight is 291 g/mol. The quantitative estimate of drug-likeness (QED) is 0.715. The summed E-state index contributed by atoms with van der Waals surface area (Å²) in [6.45, 7) is 1.86. The molecule has 3 N–H and O–H groups in total. The number of hydrogen-bond acceptors (Lipinski definition) is 4. The molecule has 20 heavy (non-hydrogen) atoms. The van der Waals surface area contributed by atoms with Crippen molar-refractivity contribution >= 4 is 28.3 Å². The van der Waals surface area contributed by atoms with Crippen molar-refractivity contribution in [3.8, 4) is 0 Å². The lowest BCUT2D eigenvalue weighted by atomic mass is 9.81.